The van der Waals surface area contributed by atoms with Crippen molar-refractivity contribution in [3.05, 3.63) is 41.5 Å². The highest BCUT2D eigenvalue weighted by atomic mass is 16.3. The fraction of sp³-hybridized carbons (Fsp3) is 0.368. The van der Waals surface area contributed by atoms with E-state index in [1.54, 1.807) is 0 Å². The first-order chi connectivity index (χ1) is 11.7. The number of para-hydroxylation sites is 2. The molecule has 0 atom stereocenters. The third-order valence-electron chi connectivity index (χ3n) is 5.13. The minimum absolute atomic E-state index is 0.221. The van der Waals surface area contributed by atoms with E-state index in [9.17, 15) is 10.4 Å². The number of rotatable bonds is 5. The number of hydrogen-bond acceptors (Lipinski definition) is 4. The van der Waals surface area contributed by atoms with Gasteiger partial charge in [0, 0.05) is 13.2 Å². The van der Waals surface area contributed by atoms with Crippen LogP contribution in [0.15, 0.2) is 30.3 Å². The van der Waals surface area contributed by atoms with Crippen molar-refractivity contribution in [2.24, 2.45) is 5.41 Å². The molecule has 0 aliphatic heterocycles. The maximum absolute atomic E-state index is 9.52. The summed E-state index contributed by atoms with van der Waals surface area (Å²) in [6, 6.07) is 12.3. The molecule has 0 radical (unpaired) electrons. The normalized spacial score (nSPS) is 15.5. The van der Waals surface area contributed by atoms with Crippen molar-refractivity contribution in [3.8, 4) is 6.07 Å². The fourth-order valence-electron chi connectivity index (χ4n) is 3.43. The topological polar surface area (TPSA) is 73.3 Å². The number of fused-ring (bicyclic) bond motifs is 3. The molecular formula is C19H20N4O. The molecule has 0 saturated heterocycles. The number of benzene rings is 1. The predicted molar refractivity (Wildman–Crippen MR) is 94.0 cm³/mol. The van der Waals surface area contributed by atoms with E-state index in [2.05, 4.69) is 16.4 Å². The molecule has 5 nitrogen and oxygen atoms in total. The summed E-state index contributed by atoms with van der Waals surface area (Å²) in [6.07, 6.45) is 3.15. The maximum atomic E-state index is 9.52. The van der Waals surface area contributed by atoms with Gasteiger partial charge in [-0.3, -0.25) is 4.40 Å². The van der Waals surface area contributed by atoms with Gasteiger partial charge in [-0.05, 0) is 55.4 Å². The third kappa shape index (κ3) is 2.31. The zero-order valence-corrected chi connectivity index (χ0v) is 13.7. The van der Waals surface area contributed by atoms with Crippen LogP contribution in [0.4, 0.5) is 5.82 Å². The van der Waals surface area contributed by atoms with E-state index < -0.39 is 0 Å². The number of nitrogens with one attached hydrogen (secondary N) is 1. The Balaban J connectivity index is 1.84. The summed E-state index contributed by atoms with van der Waals surface area (Å²) in [4.78, 5) is 4.66. The Bertz CT molecular complexity index is 963. The Kier molecular flexibility index (Phi) is 3.43. The first-order valence-electron chi connectivity index (χ1n) is 8.33. The Labute approximate surface area is 140 Å². The highest BCUT2D eigenvalue weighted by Gasteiger charge is 2.41. The summed E-state index contributed by atoms with van der Waals surface area (Å²) in [5.41, 5.74) is 4.35. The predicted octanol–water partition coefficient (Wildman–Crippen LogP) is 3.24. The Morgan fingerprint density at radius 1 is 1.38 bits per heavy atom. The summed E-state index contributed by atoms with van der Waals surface area (Å²) in [5, 5.41) is 22.3. The van der Waals surface area contributed by atoms with Crippen LogP contribution < -0.4 is 5.32 Å². The number of nitrogens with zero attached hydrogens (tertiary/aromatic N) is 3. The molecule has 1 saturated carbocycles. The number of imidazole rings is 1. The summed E-state index contributed by atoms with van der Waals surface area (Å²) in [6.45, 7) is 3.02. The SMILES string of the molecule is Cc1cc(NCC2(CCO)CC2)n2c(nc3ccccc32)c1C#N. The first kappa shape index (κ1) is 15.0. The maximum Gasteiger partial charge on any atom is 0.157 e. The van der Waals surface area contributed by atoms with Gasteiger partial charge in [-0.2, -0.15) is 5.26 Å². The monoisotopic (exact) mass is 320 g/mol. The number of aromatic nitrogens is 2. The van der Waals surface area contributed by atoms with Crippen LogP contribution in [0.3, 0.4) is 0 Å². The van der Waals surface area contributed by atoms with Crippen molar-refractivity contribution < 1.29 is 5.11 Å². The minimum Gasteiger partial charge on any atom is -0.396 e. The van der Waals surface area contributed by atoms with E-state index in [0.717, 1.165) is 48.2 Å². The average molecular weight is 320 g/mol. The molecular weight excluding hydrogens is 300 g/mol. The number of hydrogen-bond donors (Lipinski definition) is 2. The number of anilines is 1. The van der Waals surface area contributed by atoms with Crippen LogP contribution >= 0.6 is 0 Å². The fourth-order valence-corrected chi connectivity index (χ4v) is 3.43. The molecule has 24 heavy (non-hydrogen) atoms. The van der Waals surface area contributed by atoms with Crippen molar-refractivity contribution in [2.75, 3.05) is 18.5 Å². The van der Waals surface area contributed by atoms with E-state index in [1.165, 1.54) is 0 Å². The van der Waals surface area contributed by atoms with Gasteiger partial charge in [0.1, 0.15) is 11.9 Å². The van der Waals surface area contributed by atoms with Gasteiger partial charge in [0.2, 0.25) is 0 Å². The van der Waals surface area contributed by atoms with E-state index >= 15 is 0 Å². The third-order valence-corrected chi connectivity index (χ3v) is 5.13. The summed E-state index contributed by atoms with van der Waals surface area (Å²) in [5.74, 6) is 0.958. The van der Waals surface area contributed by atoms with E-state index in [0.29, 0.717) is 11.2 Å². The van der Waals surface area contributed by atoms with Gasteiger partial charge in [-0.1, -0.05) is 12.1 Å². The molecule has 1 aliphatic carbocycles. The van der Waals surface area contributed by atoms with Gasteiger partial charge in [0.25, 0.3) is 0 Å². The Hall–Kier alpha value is -2.58. The van der Waals surface area contributed by atoms with Crippen molar-refractivity contribution in [3.63, 3.8) is 0 Å². The van der Waals surface area contributed by atoms with Gasteiger partial charge < -0.3 is 10.4 Å². The largest absolute Gasteiger partial charge is 0.396 e. The lowest BCUT2D eigenvalue weighted by Crippen LogP contribution is -2.18. The molecule has 3 aromatic rings. The lowest BCUT2D eigenvalue weighted by molar-refractivity contribution is 0.253. The van der Waals surface area contributed by atoms with Crippen LogP contribution in [0, 0.1) is 23.7 Å². The second-order valence-electron chi connectivity index (χ2n) is 6.79. The number of aliphatic hydroxyl groups is 1. The van der Waals surface area contributed by atoms with Gasteiger partial charge in [0.05, 0.1) is 16.6 Å². The number of aryl methyl sites for hydroxylation is 1. The van der Waals surface area contributed by atoms with Crippen LogP contribution in [0.1, 0.15) is 30.4 Å². The molecule has 0 unspecified atom stereocenters. The summed E-state index contributed by atoms with van der Waals surface area (Å²) < 4.78 is 2.04. The molecule has 122 valence electrons. The number of nitriles is 1. The van der Waals surface area contributed by atoms with Crippen molar-refractivity contribution in [1.29, 1.82) is 5.26 Å². The van der Waals surface area contributed by atoms with E-state index in [-0.39, 0.29) is 12.0 Å². The number of aliphatic hydroxyl groups excluding tert-OH is 1. The first-order valence-corrected chi connectivity index (χ1v) is 8.33. The Morgan fingerprint density at radius 3 is 2.88 bits per heavy atom. The smallest absolute Gasteiger partial charge is 0.157 e. The highest BCUT2D eigenvalue weighted by Crippen LogP contribution is 2.48. The second kappa shape index (κ2) is 5.50. The standard InChI is InChI=1S/C19H20N4O/c1-13-10-17(21-12-19(6-7-19)8-9-24)23-16-5-3-2-4-15(16)22-18(23)14(13)11-20/h2-5,10,21,24H,6-9,12H2,1H3. The molecule has 1 aromatic carbocycles. The highest BCUT2D eigenvalue weighted by molar-refractivity contribution is 5.85. The van der Waals surface area contributed by atoms with Crippen molar-refractivity contribution in [2.45, 2.75) is 26.2 Å². The van der Waals surface area contributed by atoms with Crippen LogP contribution in [0.5, 0.6) is 0 Å². The zero-order chi connectivity index (χ0) is 16.7. The number of pyridine rings is 1. The summed E-state index contributed by atoms with van der Waals surface area (Å²) in [7, 11) is 0. The minimum atomic E-state index is 0.221. The molecule has 0 amide bonds. The molecule has 2 aromatic heterocycles. The van der Waals surface area contributed by atoms with Crippen molar-refractivity contribution in [1.82, 2.24) is 9.38 Å². The Morgan fingerprint density at radius 2 is 2.17 bits per heavy atom. The molecule has 1 fully saturated rings. The lowest BCUT2D eigenvalue weighted by atomic mass is 10.0. The van der Waals surface area contributed by atoms with Gasteiger partial charge in [-0.25, -0.2) is 4.98 Å². The second-order valence-corrected chi connectivity index (χ2v) is 6.79. The van der Waals surface area contributed by atoms with Crippen LogP contribution in [0.25, 0.3) is 16.7 Å². The molecule has 2 heterocycles. The average Bonchev–Trinajstić information content (AvgIpc) is 3.24. The molecule has 2 N–H and O–H groups in total. The molecule has 4 rings (SSSR count). The van der Waals surface area contributed by atoms with E-state index in [1.807, 2.05) is 41.7 Å². The van der Waals surface area contributed by atoms with Crippen LogP contribution in [-0.4, -0.2) is 27.6 Å². The summed E-state index contributed by atoms with van der Waals surface area (Å²) >= 11 is 0. The van der Waals surface area contributed by atoms with Crippen molar-refractivity contribution >= 4 is 22.5 Å². The quantitative estimate of drug-likeness (QED) is 0.757. The molecule has 0 spiro atoms. The zero-order valence-electron chi connectivity index (χ0n) is 13.7. The van der Waals surface area contributed by atoms with Gasteiger partial charge in [0.15, 0.2) is 5.65 Å². The molecule has 1 aliphatic rings. The van der Waals surface area contributed by atoms with Gasteiger partial charge in [-0.15, -0.1) is 0 Å². The lowest BCUT2D eigenvalue weighted by Gasteiger charge is -2.17. The van der Waals surface area contributed by atoms with Crippen LogP contribution in [-0.2, 0) is 0 Å². The molecule has 0 bridgehead atoms. The van der Waals surface area contributed by atoms with Crippen LogP contribution in [0.2, 0.25) is 0 Å². The molecule has 5 heteroatoms. The van der Waals surface area contributed by atoms with E-state index in [4.69, 9.17) is 0 Å². The van der Waals surface area contributed by atoms with Gasteiger partial charge >= 0.3 is 0 Å².